The van der Waals surface area contributed by atoms with E-state index in [2.05, 4.69) is 32.9 Å². The van der Waals surface area contributed by atoms with Crippen LogP contribution in [0.1, 0.15) is 42.9 Å². The highest BCUT2D eigenvalue weighted by atomic mass is 35.5. The molecule has 1 atom stereocenters. The molecule has 3 saturated heterocycles. The van der Waals surface area contributed by atoms with Crippen LogP contribution in [0.4, 0.5) is 10.5 Å². The minimum atomic E-state index is -1.07. The van der Waals surface area contributed by atoms with Gasteiger partial charge in [-0.1, -0.05) is 47.9 Å². The molecule has 3 aromatic rings. The number of likely N-dealkylation sites (tertiary alicyclic amines) is 2. The molecule has 4 heterocycles. The predicted molar refractivity (Wildman–Crippen MR) is 185 cm³/mol. The summed E-state index contributed by atoms with van der Waals surface area (Å²) < 4.78 is 7.47. The van der Waals surface area contributed by atoms with E-state index in [0.29, 0.717) is 67.7 Å². The molecule has 0 spiro atoms. The van der Waals surface area contributed by atoms with E-state index in [4.69, 9.17) is 28.5 Å². The number of aromatic nitrogens is 3. The number of ether oxygens (including phenoxy) is 1. The van der Waals surface area contributed by atoms with Crippen molar-refractivity contribution in [3.8, 4) is 23.7 Å². The molecule has 0 radical (unpaired) electrons. The quantitative estimate of drug-likeness (QED) is 0.289. The minimum Gasteiger partial charge on any atom is -0.436 e. The Balaban J connectivity index is 1.12. The van der Waals surface area contributed by atoms with E-state index in [1.54, 1.807) is 17.0 Å². The van der Waals surface area contributed by atoms with Gasteiger partial charge in [0.25, 0.3) is 5.91 Å². The number of aromatic amines is 1. The van der Waals surface area contributed by atoms with Crippen LogP contribution in [-0.4, -0.2) is 118 Å². The monoisotopic (exact) mass is 674 g/mol. The van der Waals surface area contributed by atoms with E-state index >= 15 is 0 Å². The van der Waals surface area contributed by atoms with Crippen LogP contribution in [0.5, 0.6) is 0 Å². The second-order valence-corrected chi connectivity index (χ2v) is 13.4. The van der Waals surface area contributed by atoms with Crippen molar-refractivity contribution in [1.29, 1.82) is 0 Å². The molecule has 0 bridgehead atoms. The average molecular weight is 675 g/mol. The SMILES string of the molecule is C#Cc1cc(C[C@@H](OC(=O)N2CCC(n3nc(-c4ccccc4)[nH]c3=O)CC2)C(=O)N2CCC(N3CCN(C)CC3)CC2)cc(Cl)c1N. The molecule has 0 unspecified atom stereocenters. The minimum absolute atomic E-state index is 0.110. The highest BCUT2D eigenvalue weighted by molar-refractivity contribution is 6.33. The summed E-state index contributed by atoms with van der Waals surface area (Å²) in [6.07, 6.45) is 6.91. The largest absolute Gasteiger partial charge is 0.436 e. The van der Waals surface area contributed by atoms with Gasteiger partial charge in [0.05, 0.1) is 16.8 Å². The lowest BCUT2D eigenvalue weighted by Gasteiger charge is -2.42. The van der Waals surface area contributed by atoms with Crippen LogP contribution in [0.2, 0.25) is 5.02 Å². The summed E-state index contributed by atoms with van der Waals surface area (Å²) in [4.78, 5) is 51.4. The van der Waals surface area contributed by atoms with Gasteiger partial charge in [-0.15, -0.1) is 11.5 Å². The van der Waals surface area contributed by atoms with E-state index in [0.717, 1.165) is 44.6 Å². The molecule has 254 valence electrons. The van der Waals surface area contributed by atoms with Crippen molar-refractivity contribution in [3.63, 3.8) is 0 Å². The molecular weight excluding hydrogens is 632 g/mol. The highest BCUT2D eigenvalue weighted by Gasteiger charge is 2.35. The van der Waals surface area contributed by atoms with Crippen molar-refractivity contribution in [1.82, 2.24) is 34.4 Å². The number of amides is 2. The number of carbonyl (C=O) groups is 2. The zero-order valence-electron chi connectivity index (χ0n) is 27.3. The Morgan fingerprint density at radius 2 is 1.65 bits per heavy atom. The summed E-state index contributed by atoms with van der Waals surface area (Å²) in [6.45, 7) is 6.06. The number of anilines is 1. The Hall–Kier alpha value is -4.31. The molecule has 3 N–H and O–H groups in total. The molecule has 3 aliphatic heterocycles. The molecule has 48 heavy (non-hydrogen) atoms. The van der Waals surface area contributed by atoms with Gasteiger partial charge in [-0.05, 0) is 50.4 Å². The molecule has 3 fully saturated rings. The molecule has 1 aromatic heterocycles. The summed E-state index contributed by atoms with van der Waals surface area (Å²) >= 11 is 6.38. The van der Waals surface area contributed by atoms with Gasteiger partial charge in [-0.25, -0.2) is 14.3 Å². The van der Waals surface area contributed by atoms with Crippen LogP contribution < -0.4 is 11.4 Å². The van der Waals surface area contributed by atoms with Crippen LogP contribution in [0, 0.1) is 12.3 Å². The molecule has 0 saturated carbocycles. The first kappa shape index (κ1) is 33.6. The fourth-order valence-corrected chi connectivity index (χ4v) is 7.19. The predicted octanol–water partition coefficient (Wildman–Crippen LogP) is 3.08. The molecule has 3 aliphatic rings. The first-order chi connectivity index (χ1) is 23.2. The number of nitrogens with one attached hydrogen (secondary N) is 1. The summed E-state index contributed by atoms with van der Waals surface area (Å²) in [6, 6.07) is 13.1. The maximum atomic E-state index is 14.0. The molecule has 0 aliphatic carbocycles. The fourth-order valence-electron chi connectivity index (χ4n) is 6.95. The van der Waals surface area contributed by atoms with Gasteiger partial charge in [-0.2, -0.15) is 0 Å². The number of rotatable bonds is 7. The van der Waals surface area contributed by atoms with E-state index in [1.165, 1.54) is 4.68 Å². The van der Waals surface area contributed by atoms with E-state index < -0.39 is 12.2 Å². The zero-order chi connectivity index (χ0) is 33.8. The van der Waals surface area contributed by atoms with Crippen molar-refractivity contribution in [3.05, 3.63) is 69.1 Å². The topological polar surface area (TPSA) is 133 Å². The normalized spacial score (nSPS) is 19.2. The van der Waals surface area contributed by atoms with Gasteiger partial charge < -0.3 is 25.2 Å². The Morgan fingerprint density at radius 3 is 2.31 bits per heavy atom. The maximum absolute atomic E-state index is 14.0. The summed E-state index contributed by atoms with van der Waals surface area (Å²) in [5.74, 6) is 2.82. The molecule has 13 heteroatoms. The van der Waals surface area contributed by atoms with Crippen LogP contribution in [-0.2, 0) is 16.0 Å². The number of likely N-dealkylation sites (N-methyl/N-ethyl adjacent to an activating group) is 1. The van der Waals surface area contributed by atoms with Gasteiger partial charge in [0, 0.05) is 75.9 Å². The van der Waals surface area contributed by atoms with Crippen molar-refractivity contribution in [2.75, 3.05) is 65.1 Å². The lowest BCUT2D eigenvalue weighted by atomic mass is 9.99. The molecular formula is C35H43ClN8O4. The number of carbonyl (C=O) groups excluding carboxylic acids is 2. The van der Waals surface area contributed by atoms with E-state index in [-0.39, 0.29) is 29.1 Å². The fraction of sp³-hybridized carbons (Fsp3) is 0.486. The number of terminal acetylenes is 1. The number of nitrogens with zero attached hydrogens (tertiary/aromatic N) is 6. The van der Waals surface area contributed by atoms with Gasteiger partial charge in [0.1, 0.15) is 0 Å². The van der Waals surface area contributed by atoms with Crippen molar-refractivity contribution in [2.24, 2.45) is 0 Å². The molecule has 12 nitrogen and oxygen atoms in total. The first-order valence-electron chi connectivity index (χ1n) is 16.7. The van der Waals surface area contributed by atoms with Gasteiger partial charge in [-0.3, -0.25) is 14.7 Å². The Bertz CT molecular complexity index is 1700. The smallest absolute Gasteiger partial charge is 0.410 e. The number of halogens is 1. The van der Waals surface area contributed by atoms with Crippen molar-refractivity contribution in [2.45, 2.75) is 50.3 Å². The Labute approximate surface area is 285 Å². The number of H-pyrrole nitrogens is 1. The third kappa shape index (κ3) is 7.54. The summed E-state index contributed by atoms with van der Waals surface area (Å²) in [5, 5.41) is 4.82. The number of piperazine rings is 1. The Morgan fingerprint density at radius 1 is 1.00 bits per heavy atom. The number of benzene rings is 2. The number of piperidine rings is 2. The number of nitrogen functional groups attached to an aromatic ring is 1. The second kappa shape index (κ2) is 14.8. The van der Waals surface area contributed by atoms with Crippen LogP contribution >= 0.6 is 11.6 Å². The zero-order valence-corrected chi connectivity index (χ0v) is 28.1. The van der Waals surface area contributed by atoms with Crippen LogP contribution in [0.3, 0.4) is 0 Å². The van der Waals surface area contributed by atoms with Crippen molar-refractivity contribution < 1.29 is 14.3 Å². The first-order valence-corrected chi connectivity index (χ1v) is 17.0. The standard InChI is InChI=1S/C35H43ClN8O4/c1-3-25-21-24(22-29(36)31(25)37)23-30(33(45)42-13-9-27(10-14-42)41-19-17-40(2)18-20-41)48-35(47)43-15-11-28(12-16-43)44-34(46)38-32(39-44)26-7-5-4-6-8-26/h1,4-8,21-22,27-28,30H,9-20,23,37H2,2H3,(H,38,39,46)/t30-/m1/s1. The van der Waals surface area contributed by atoms with E-state index in [1.807, 2.05) is 35.2 Å². The second-order valence-electron chi connectivity index (χ2n) is 13.0. The third-order valence-corrected chi connectivity index (χ3v) is 10.2. The van der Waals surface area contributed by atoms with Gasteiger partial charge in [0.15, 0.2) is 11.9 Å². The number of nitrogens with two attached hydrogens (primary N) is 1. The van der Waals surface area contributed by atoms with E-state index in [9.17, 15) is 14.4 Å². The lowest BCUT2D eigenvalue weighted by Crippen LogP contribution is -2.54. The number of hydrogen-bond acceptors (Lipinski definition) is 8. The summed E-state index contributed by atoms with van der Waals surface area (Å²) in [7, 11) is 2.14. The Kier molecular flexibility index (Phi) is 10.4. The summed E-state index contributed by atoms with van der Waals surface area (Å²) in [5.41, 5.74) is 7.96. The van der Waals surface area contributed by atoms with Gasteiger partial charge >= 0.3 is 11.8 Å². The molecule has 2 amide bonds. The average Bonchev–Trinajstić information content (AvgIpc) is 3.51. The van der Waals surface area contributed by atoms with Gasteiger partial charge in [0.2, 0.25) is 0 Å². The lowest BCUT2D eigenvalue weighted by molar-refractivity contribution is -0.142. The van der Waals surface area contributed by atoms with Crippen molar-refractivity contribution >= 4 is 29.3 Å². The molecule has 2 aromatic carbocycles. The number of hydrogen-bond donors (Lipinski definition) is 2. The third-order valence-electron chi connectivity index (χ3n) is 9.87. The van der Waals surface area contributed by atoms with Crippen LogP contribution in [0.15, 0.2) is 47.3 Å². The highest BCUT2D eigenvalue weighted by Crippen LogP contribution is 2.28. The van der Waals surface area contributed by atoms with Crippen LogP contribution in [0.25, 0.3) is 11.4 Å². The maximum Gasteiger partial charge on any atom is 0.410 e. The molecule has 6 rings (SSSR count).